The number of hydrogen-bond donors (Lipinski definition) is 0. The maximum absolute atomic E-state index is 5.79. The molecule has 0 atom stereocenters. The van der Waals surface area contributed by atoms with Crippen LogP contribution in [0.5, 0.6) is 11.5 Å². The van der Waals surface area contributed by atoms with E-state index in [1.165, 1.54) is 0 Å². The monoisotopic (exact) mass is 238 g/mol. The number of rotatable bonds is 6. The van der Waals surface area contributed by atoms with E-state index < -0.39 is 0 Å². The molecule has 0 radical (unpaired) electrons. The molecule has 0 saturated heterocycles. The van der Waals surface area contributed by atoms with Gasteiger partial charge in [-0.15, -0.1) is 0 Å². The first-order valence-corrected chi connectivity index (χ1v) is 5.98. The first-order chi connectivity index (χ1) is 8.04. The molecule has 0 fully saturated rings. The van der Waals surface area contributed by atoms with E-state index >= 15 is 0 Å². The van der Waals surface area contributed by atoms with Gasteiger partial charge >= 0.3 is 0 Å². The van der Waals surface area contributed by atoms with Gasteiger partial charge in [0.15, 0.2) is 11.5 Å². The molecule has 0 aliphatic carbocycles. The van der Waals surface area contributed by atoms with Crippen LogP contribution in [0.2, 0.25) is 0 Å². The molecule has 0 aliphatic rings. The first kappa shape index (κ1) is 13.8. The molecule has 0 N–H and O–H groups in total. The van der Waals surface area contributed by atoms with E-state index in [4.69, 9.17) is 14.2 Å². The van der Waals surface area contributed by atoms with Crippen molar-refractivity contribution in [3.05, 3.63) is 23.8 Å². The molecular weight excluding hydrogens is 216 g/mol. The summed E-state index contributed by atoms with van der Waals surface area (Å²) < 4.78 is 16.7. The second-order valence-electron chi connectivity index (χ2n) is 4.47. The lowest BCUT2D eigenvalue weighted by molar-refractivity contribution is 0.0631. The molecular formula is C14H22O3. The van der Waals surface area contributed by atoms with E-state index in [2.05, 4.69) is 0 Å². The molecule has 1 aromatic rings. The zero-order chi connectivity index (χ0) is 12.8. The molecule has 1 rings (SSSR count). The van der Waals surface area contributed by atoms with E-state index in [1.807, 2.05) is 45.9 Å². The molecule has 0 spiro atoms. The van der Waals surface area contributed by atoms with Gasteiger partial charge in [-0.25, -0.2) is 0 Å². The Balaban J connectivity index is 2.93. The van der Waals surface area contributed by atoms with Crippen LogP contribution in [-0.4, -0.2) is 19.3 Å². The highest BCUT2D eigenvalue weighted by Gasteiger charge is 2.12. The molecule has 0 unspecified atom stereocenters. The highest BCUT2D eigenvalue weighted by molar-refractivity contribution is 5.46. The Morgan fingerprint density at radius 2 is 1.76 bits per heavy atom. The van der Waals surface area contributed by atoms with Gasteiger partial charge in [0.05, 0.1) is 25.9 Å². The number of ether oxygens (including phenoxy) is 3. The minimum Gasteiger partial charge on any atom is -0.493 e. The van der Waals surface area contributed by atoms with Gasteiger partial charge in [0.2, 0.25) is 0 Å². The second kappa shape index (κ2) is 6.50. The average molecular weight is 238 g/mol. The fourth-order valence-electron chi connectivity index (χ4n) is 1.46. The first-order valence-electron chi connectivity index (χ1n) is 5.98. The van der Waals surface area contributed by atoms with E-state index in [0.717, 1.165) is 17.1 Å². The molecule has 0 heterocycles. The molecule has 0 saturated carbocycles. The summed E-state index contributed by atoms with van der Waals surface area (Å²) in [7, 11) is 1.65. The smallest absolute Gasteiger partial charge is 0.167 e. The van der Waals surface area contributed by atoms with Crippen molar-refractivity contribution < 1.29 is 14.2 Å². The van der Waals surface area contributed by atoms with E-state index in [0.29, 0.717) is 6.61 Å². The quantitative estimate of drug-likeness (QED) is 0.760. The largest absolute Gasteiger partial charge is 0.493 e. The van der Waals surface area contributed by atoms with Crippen molar-refractivity contribution in [2.45, 2.75) is 46.5 Å². The SMILES string of the molecule is COc1cccc(COC(C)C)c1OC(C)C. The van der Waals surface area contributed by atoms with Crippen LogP contribution >= 0.6 is 0 Å². The van der Waals surface area contributed by atoms with Gasteiger partial charge in [-0.05, 0) is 33.8 Å². The molecule has 17 heavy (non-hydrogen) atoms. The molecule has 96 valence electrons. The summed E-state index contributed by atoms with van der Waals surface area (Å²) in [6.45, 7) is 8.57. The average Bonchev–Trinajstić information content (AvgIpc) is 2.26. The van der Waals surface area contributed by atoms with Crippen LogP contribution in [0.3, 0.4) is 0 Å². The zero-order valence-corrected chi connectivity index (χ0v) is 11.3. The summed E-state index contributed by atoms with van der Waals surface area (Å²) in [6.07, 6.45) is 0.317. The number of methoxy groups -OCH3 is 1. The molecule has 0 bridgehead atoms. The normalized spacial score (nSPS) is 11.0. The summed E-state index contributed by atoms with van der Waals surface area (Å²) in [5.74, 6) is 1.54. The summed E-state index contributed by atoms with van der Waals surface area (Å²) in [5, 5.41) is 0. The van der Waals surface area contributed by atoms with Gasteiger partial charge in [-0.1, -0.05) is 12.1 Å². The van der Waals surface area contributed by atoms with Crippen LogP contribution in [-0.2, 0) is 11.3 Å². The van der Waals surface area contributed by atoms with Gasteiger partial charge in [0.1, 0.15) is 0 Å². The Kier molecular flexibility index (Phi) is 5.29. The topological polar surface area (TPSA) is 27.7 Å². The molecule has 0 aromatic heterocycles. The maximum atomic E-state index is 5.79. The highest BCUT2D eigenvalue weighted by Crippen LogP contribution is 2.32. The summed E-state index contributed by atoms with van der Waals surface area (Å²) in [4.78, 5) is 0. The van der Waals surface area contributed by atoms with Crippen molar-refractivity contribution in [1.29, 1.82) is 0 Å². The van der Waals surface area contributed by atoms with Crippen molar-refractivity contribution in [3.8, 4) is 11.5 Å². The Bertz CT molecular complexity index is 345. The minimum atomic E-state index is 0.115. The lowest BCUT2D eigenvalue weighted by Gasteiger charge is -2.18. The van der Waals surface area contributed by atoms with Crippen LogP contribution in [0.1, 0.15) is 33.3 Å². The Morgan fingerprint density at radius 1 is 1.06 bits per heavy atom. The Labute approximate surface area is 104 Å². The molecule has 1 aromatic carbocycles. The number of para-hydroxylation sites is 1. The zero-order valence-electron chi connectivity index (χ0n) is 11.3. The third-order valence-electron chi connectivity index (χ3n) is 2.21. The van der Waals surface area contributed by atoms with Crippen LogP contribution in [0.15, 0.2) is 18.2 Å². The van der Waals surface area contributed by atoms with Crippen molar-refractivity contribution in [1.82, 2.24) is 0 Å². The summed E-state index contributed by atoms with van der Waals surface area (Å²) in [6, 6.07) is 5.85. The van der Waals surface area contributed by atoms with E-state index in [-0.39, 0.29) is 12.2 Å². The minimum absolute atomic E-state index is 0.115. The van der Waals surface area contributed by atoms with Crippen LogP contribution in [0, 0.1) is 0 Å². The lowest BCUT2D eigenvalue weighted by atomic mass is 10.2. The van der Waals surface area contributed by atoms with Crippen molar-refractivity contribution in [2.75, 3.05) is 7.11 Å². The van der Waals surface area contributed by atoms with Crippen LogP contribution in [0.25, 0.3) is 0 Å². The van der Waals surface area contributed by atoms with Gasteiger partial charge in [0.25, 0.3) is 0 Å². The molecule has 3 nitrogen and oxygen atoms in total. The third kappa shape index (κ3) is 4.27. The van der Waals surface area contributed by atoms with Crippen molar-refractivity contribution in [2.24, 2.45) is 0 Å². The van der Waals surface area contributed by atoms with Gasteiger partial charge in [-0.2, -0.15) is 0 Å². The van der Waals surface area contributed by atoms with Gasteiger partial charge < -0.3 is 14.2 Å². The van der Waals surface area contributed by atoms with Crippen LogP contribution < -0.4 is 9.47 Å². The summed E-state index contributed by atoms with van der Waals surface area (Å²) in [5.41, 5.74) is 1.02. The maximum Gasteiger partial charge on any atom is 0.167 e. The van der Waals surface area contributed by atoms with Crippen molar-refractivity contribution in [3.63, 3.8) is 0 Å². The van der Waals surface area contributed by atoms with Gasteiger partial charge in [-0.3, -0.25) is 0 Å². The fourth-order valence-corrected chi connectivity index (χ4v) is 1.46. The Hall–Kier alpha value is -1.22. The number of hydrogen-bond acceptors (Lipinski definition) is 3. The predicted octanol–water partition coefficient (Wildman–Crippen LogP) is 3.41. The number of benzene rings is 1. The molecule has 0 amide bonds. The van der Waals surface area contributed by atoms with Crippen molar-refractivity contribution >= 4 is 0 Å². The van der Waals surface area contributed by atoms with E-state index in [1.54, 1.807) is 7.11 Å². The van der Waals surface area contributed by atoms with Crippen LogP contribution in [0.4, 0.5) is 0 Å². The molecule has 0 aliphatic heterocycles. The summed E-state index contributed by atoms with van der Waals surface area (Å²) >= 11 is 0. The van der Waals surface area contributed by atoms with Gasteiger partial charge in [0, 0.05) is 5.56 Å². The standard InChI is InChI=1S/C14H22O3/c1-10(2)16-9-12-7-6-8-13(15-5)14(12)17-11(3)4/h6-8,10-11H,9H2,1-5H3. The fraction of sp³-hybridized carbons (Fsp3) is 0.571. The van der Waals surface area contributed by atoms with E-state index in [9.17, 15) is 0 Å². The Morgan fingerprint density at radius 3 is 2.29 bits per heavy atom. The second-order valence-corrected chi connectivity index (χ2v) is 4.47. The highest BCUT2D eigenvalue weighted by atomic mass is 16.5. The lowest BCUT2D eigenvalue weighted by Crippen LogP contribution is -2.10. The molecule has 3 heteroatoms. The third-order valence-corrected chi connectivity index (χ3v) is 2.21. The predicted molar refractivity (Wildman–Crippen MR) is 68.7 cm³/mol.